The summed E-state index contributed by atoms with van der Waals surface area (Å²) in [5.41, 5.74) is -0.959. The van der Waals surface area contributed by atoms with Crippen molar-refractivity contribution in [1.82, 2.24) is 45.1 Å². The largest absolute Gasteiger partial charge is 0.389 e. The Labute approximate surface area is 735 Å². The van der Waals surface area contributed by atoms with Crippen LogP contribution in [0.3, 0.4) is 0 Å². The normalized spacial score (nSPS) is 22.1. The third kappa shape index (κ3) is 22.0. The van der Waals surface area contributed by atoms with E-state index in [4.69, 9.17) is 23.7 Å². The van der Waals surface area contributed by atoms with Gasteiger partial charge in [0.1, 0.15) is 28.6 Å². The predicted molar refractivity (Wildman–Crippen MR) is 461 cm³/mol. The Balaban J connectivity index is 0.000000152. The molecule has 692 valence electrons. The molecule has 5 aromatic carbocycles. The standard InChI is InChI=1S/C18H26N2O6S2.C17H24N2O6S2.C16H22N2O6S2.C15H22N2O4S.C15H20N2O4S/c1-14(2)27(22,23)20-12-13-26-18(20)8-10-19(11-9-18)28(24,25)17-6-4-16(5-7-17)15(3)21;1-3-26(21,22)19-12-13-25-17(19)8-10-18(11-9-17)27(23,24)16-6-4-15(5-7-16)14(2)20;1-13(19)14-3-5-15(6-4-14)26(22,23)17-9-7-16(8-10-17)18(11-12-24-16)25(2,20)21;2*1-12(18)13-2-4-14(5-3-13)22(19,20)17-9-6-15(7-10-17)16-8-11-21-15/h4-7,14H,8-13H2,1-3H3;4-7H,3,8-13H2,1-2H3;3-6H,7-12H2,1-2H3;2-5,12,16,18H,6-11H2,1H3;2-5,16H,6-11H2,1H3. The lowest BCUT2D eigenvalue weighted by Crippen LogP contribution is -2.56. The van der Waals surface area contributed by atoms with Gasteiger partial charge in [-0.2, -0.15) is 34.4 Å². The third-order valence-electron chi connectivity index (χ3n) is 24.4. The van der Waals surface area contributed by atoms with Crippen molar-refractivity contribution < 1.29 is 115 Å². The summed E-state index contributed by atoms with van der Waals surface area (Å²) < 4.78 is 242. The molecule has 0 saturated carbocycles. The number of carbonyl (C=O) groups is 4. The van der Waals surface area contributed by atoms with Crippen molar-refractivity contribution in [3.8, 4) is 0 Å². The number of nitrogens with one attached hydrogen (secondary N) is 2. The van der Waals surface area contributed by atoms with Gasteiger partial charge in [0.05, 0.1) is 80.9 Å². The lowest BCUT2D eigenvalue weighted by molar-refractivity contribution is -0.0811. The molecule has 0 bridgehead atoms. The molecule has 5 spiro atoms. The van der Waals surface area contributed by atoms with Crippen LogP contribution >= 0.6 is 0 Å². The number of hydrogen-bond acceptors (Lipinski definition) is 28. The molecule has 0 amide bonds. The molecule has 10 aliphatic heterocycles. The lowest BCUT2D eigenvalue weighted by atomic mass is 10.0. The monoisotopic (exact) mass is 1900 g/mol. The van der Waals surface area contributed by atoms with Crippen molar-refractivity contribution in [1.29, 1.82) is 0 Å². The molecule has 1 atom stereocenters. The summed E-state index contributed by atoms with van der Waals surface area (Å²) >= 11 is 0. The average molecular weight is 1900 g/mol. The summed E-state index contributed by atoms with van der Waals surface area (Å²) in [4.78, 5) is 46.2. The molecule has 10 heterocycles. The molecule has 10 fully saturated rings. The highest BCUT2D eigenvalue weighted by Crippen LogP contribution is 2.43. The first-order chi connectivity index (χ1) is 58.5. The molecule has 3 N–H and O–H groups in total. The number of ether oxygens (including phenoxy) is 5. The van der Waals surface area contributed by atoms with Crippen LogP contribution in [0.25, 0.3) is 0 Å². The van der Waals surface area contributed by atoms with Crippen LogP contribution in [0, 0.1) is 0 Å². The first-order valence-electron chi connectivity index (χ1n) is 41.5. The van der Waals surface area contributed by atoms with E-state index in [1.807, 2.05) is 0 Å². The highest BCUT2D eigenvalue weighted by atomic mass is 32.2. The Kier molecular flexibility index (Phi) is 31.3. The molecule has 0 radical (unpaired) electrons. The van der Waals surface area contributed by atoms with Gasteiger partial charge in [0.25, 0.3) is 0 Å². The zero-order chi connectivity index (χ0) is 91.4. The highest BCUT2D eigenvalue weighted by Gasteiger charge is 2.55. The number of sulfonamides is 8. The van der Waals surface area contributed by atoms with Gasteiger partial charge in [-0.1, -0.05) is 60.7 Å². The molecule has 0 aliphatic carbocycles. The van der Waals surface area contributed by atoms with Crippen LogP contribution in [-0.2, 0) is 104 Å². The summed E-state index contributed by atoms with van der Waals surface area (Å²) in [6.07, 6.45) is 4.88. The maximum Gasteiger partial charge on any atom is 0.243 e. The van der Waals surface area contributed by atoms with Crippen molar-refractivity contribution in [2.24, 2.45) is 0 Å². The van der Waals surface area contributed by atoms with Gasteiger partial charge < -0.3 is 28.8 Å². The number of Topliss-reactive ketones (excluding diaryl/α,β-unsaturated/α-hetero) is 4. The molecule has 0 aromatic heterocycles. The van der Waals surface area contributed by atoms with Gasteiger partial charge in [-0.3, -0.25) is 29.8 Å². The minimum Gasteiger partial charge on any atom is -0.389 e. The van der Waals surface area contributed by atoms with Gasteiger partial charge >= 0.3 is 0 Å². The number of aliphatic hydroxyl groups is 1. The Hall–Kier alpha value is -6.26. The zero-order valence-corrected chi connectivity index (χ0v) is 78.2. The molecule has 5 aromatic rings. The van der Waals surface area contributed by atoms with Crippen LogP contribution in [0.15, 0.2) is 146 Å². The topological polar surface area (TPSA) is 458 Å². The van der Waals surface area contributed by atoms with Crippen LogP contribution in [-0.4, -0.2) is 307 Å². The van der Waals surface area contributed by atoms with E-state index in [2.05, 4.69) is 10.6 Å². The second-order valence-corrected chi connectivity index (χ2v) is 48.7. The van der Waals surface area contributed by atoms with Gasteiger partial charge in [-0.25, -0.2) is 67.3 Å². The van der Waals surface area contributed by atoms with Gasteiger partial charge in [-0.15, -0.1) is 0 Å². The second kappa shape index (κ2) is 39.4. The third-order valence-corrected chi connectivity index (χ3v) is 39.5. The summed E-state index contributed by atoms with van der Waals surface area (Å²) in [5, 5.41) is 15.6. The minimum absolute atomic E-state index is 0.0113. The van der Waals surface area contributed by atoms with E-state index in [-0.39, 0.29) is 149 Å². The van der Waals surface area contributed by atoms with E-state index in [9.17, 15) is 91.6 Å². The van der Waals surface area contributed by atoms with Crippen molar-refractivity contribution in [3.05, 3.63) is 149 Å². The summed E-state index contributed by atoms with van der Waals surface area (Å²) in [6, 6.07) is 30.1. The summed E-state index contributed by atoms with van der Waals surface area (Å²) in [6.45, 7) is 19.9. The molecular weight excluding hydrogens is 1790 g/mol. The van der Waals surface area contributed by atoms with E-state index < -0.39 is 109 Å². The first-order valence-corrected chi connectivity index (χ1v) is 53.6. The Morgan fingerprint density at radius 3 is 0.816 bits per heavy atom. The van der Waals surface area contributed by atoms with Crippen molar-refractivity contribution in [2.75, 3.05) is 143 Å². The van der Waals surface area contributed by atoms with E-state index >= 15 is 0 Å². The highest BCUT2D eigenvalue weighted by molar-refractivity contribution is 7.91. The smallest absolute Gasteiger partial charge is 0.243 e. The van der Waals surface area contributed by atoms with Crippen LogP contribution in [0.1, 0.15) is 173 Å². The number of carbonyl (C=O) groups excluding carboxylic acids is 4. The van der Waals surface area contributed by atoms with Crippen molar-refractivity contribution in [3.63, 3.8) is 0 Å². The number of benzene rings is 5. The number of aliphatic hydroxyl groups excluding tert-OH is 1. The fourth-order valence-electron chi connectivity index (χ4n) is 16.9. The maximum absolute atomic E-state index is 12.9. The van der Waals surface area contributed by atoms with Crippen LogP contribution < -0.4 is 10.6 Å². The Bertz CT molecular complexity index is 5650. The SMILES string of the molecule is CC(=O)c1ccc(S(=O)(=O)N2CCC3(CC2)NCCO3)cc1.CC(=O)c1ccc(S(=O)(=O)N2CCC3(CC2)OCCN3S(=O)(=O)C(C)C)cc1.CC(=O)c1ccc(S(=O)(=O)N2CCC3(CC2)OCCN3S(C)(=O)=O)cc1.CC(O)c1ccc(S(=O)(=O)N2CCC3(CC2)NCCO3)cc1.CCS(=O)(=O)N1CCOC12CCN(S(=O)(=O)c1ccc(C(C)=O)cc1)CC2. The lowest BCUT2D eigenvalue weighted by Gasteiger charge is -2.42. The van der Waals surface area contributed by atoms with Crippen molar-refractivity contribution >= 4 is 103 Å². The molecule has 36 nitrogen and oxygen atoms in total. The van der Waals surface area contributed by atoms with Gasteiger partial charge in [-0.05, 0) is 122 Å². The molecule has 44 heteroatoms. The Morgan fingerprint density at radius 1 is 0.344 bits per heavy atom. The van der Waals surface area contributed by atoms with E-state index in [0.717, 1.165) is 19.3 Å². The number of nitrogens with zero attached hydrogens (tertiary/aromatic N) is 8. The number of rotatable bonds is 20. The predicted octanol–water partition coefficient (Wildman–Crippen LogP) is 4.98. The molecule has 10 aliphatic rings. The molecule has 125 heavy (non-hydrogen) atoms. The van der Waals surface area contributed by atoms with Crippen molar-refractivity contribution in [2.45, 2.75) is 184 Å². The van der Waals surface area contributed by atoms with Crippen LogP contribution in [0.5, 0.6) is 0 Å². The van der Waals surface area contributed by atoms with E-state index in [1.165, 1.54) is 147 Å². The maximum atomic E-state index is 12.9. The molecular formula is C81H114N10O26S8. The Morgan fingerprint density at radius 2 is 0.584 bits per heavy atom. The second-order valence-electron chi connectivity index (χ2n) is 32.5. The summed E-state index contributed by atoms with van der Waals surface area (Å²) in [7, 11) is -28.5. The minimum atomic E-state index is -3.72. The first kappa shape index (κ1) is 99.3. The van der Waals surface area contributed by atoms with Gasteiger partial charge in [0.15, 0.2) is 23.1 Å². The van der Waals surface area contributed by atoms with Gasteiger partial charge in [0, 0.05) is 185 Å². The molecule has 1 unspecified atom stereocenters. The number of piperidine rings is 5. The van der Waals surface area contributed by atoms with Crippen LogP contribution in [0.2, 0.25) is 0 Å². The quantitative estimate of drug-likeness (QED) is 0.0864. The number of ketones is 4. The zero-order valence-electron chi connectivity index (χ0n) is 71.6. The summed E-state index contributed by atoms with van der Waals surface area (Å²) in [5.74, 6) is -0.479. The van der Waals surface area contributed by atoms with E-state index in [1.54, 1.807) is 64.1 Å². The van der Waals surface area contributed by atoms with Gasteiger partial charge in [0.2, 0.25) is 80.2 Å². The molecule has 15 rings (SSSR count). The van der Waals surface area contributed by atoms with E-state index in [0.29, 0.717) is 126 Å². The fourth-order valence-corrected chi connectivity index (χ4v) is 28.3. The fraction of sp³-hybridized carbons (Fsp3) is 0.580. The molecule has 10 saturated heterocycles. The number of hydrogen-bond donors (Lipinski definition) is 3. The average Bonchev–Trinajstić information content (AvgIpc) is 1.64. The van der Waals surface area contributed by atoms with Crippen LogP contribution in [0.4, 0.5) is 0 Å².